The zero-order valence-electron chi connectivity index (χ0n) is 9.29. The Morgan fingerprint density at radius 2 is 1.63 bits per heavy atom. The van der Waals surface area contributed by atoms with E-state index in [4.69, 9.17) is 9.79 Å². The zero-order chi connectivity index (χ0) is 14.7. The summed E-state index contributed by atoms with van der Waals surface area (Å²) in [4.78, 5) is 39.2. The third-order valence-electron chi connectivity index (χ3n) is 1.91. The first kappa shape index (κ1) is 16.3. The fraction of sp³-hybridized carbons (Fsp3) is 0.125. The Balaban J connectivity index is 2.79. The molecular formula is C8H10N2O6P2S-2. The zero-order valence-corrected chi connectivity index (χ0v) is 11.9. The minimum absolute atomic E-state index is 0.383. The average Bonchev–Trinajstić information content (AvgIpc) is 2.24. The Morgan fingerprint density at radius 1 is 1.16 bits per heavy atom. The molecule has 4 N–H and O–H groups in total. The first-order chi connectivity index (χ1) is 8.60. The van der Waals surface area contributed by atoms with Crippen molar-refractivity contribution >= 4 is 38.2 Å². The van der Waals surface area contributed by atoms with Crippen molar-refractivity contribution in [2.75, 3.05) is 5.32 Å². The van der Waals surface area contributed by atoms with E-state index in [0.717, 1.165) is 0 Å². The molecule has 0 saturated carbocycles. The summed E-state index contributed by atoms with van der Waals surface area (Å²) in [7, 11) is -10.7. The van der Waals surface area contributed by atoms with Crippen LogP contribution in [0.1, 0.15) is 0 Å². The van der Waals surface area contributed by atoms with Crippen LogP contribution in [0.2, 0.25) is 0 Å². The van der Waals surface area contributed by atoms with Crippen molar-refractivity contribution in [3.63, 3.8) is 0 Å². The summed E-state index contributed by atoms with van der Waals surface area (Å²) in [5.41, 5.74) is -2.13. The summed E-state index contributed by atoms with van der Waals surface area (Å²) in [5, 5.41) is 3.93. The predicted molar refractivity (Wildman–Crippen MR) is 69.2 cm³/mol. The molecule has 0 fully saturated rings. The summed E-state index contributed by atoms with van der Waals surface area (Å²) in [6.45, 7) is 0. The predicted octanol–water partition coefficient (Wildman–Crippen LogP) is -0.652. The molecule has 0 radical (unpaired) electrons. The number of hydrogen-bond donors (Lipinski definition) is 4. The molecule has 0 saturated heterocycles. The molecule has 0 bridgehead atoms. The minimum atomic E-state index is -5.37. The van der Waals surface area contributed by atoms with Crippen LogP contribution in [0.15, 0.2) is 30.3 Å². The molecule has 1 rings (SSSR count). The summed E-state index contributed by atoms with van der Waals surface area (Å²) in [5.74, 6) is 0. The Bertz CT molecular complexity index is 519. The van der Waals surface area contributed by atoms with E-state index in [1.54, 1.807) is 30.3 Å². The van der Waals surface area contributed by atoms with Gasteiger partial charge < -0.3 is 39.3 Å². The molecule has 0 aliphatic heterocycles. The number of hydrogen-bond acceptors (Lipinski definition) is 5. The number of para-hydroxylation sites is 1. The number of rotatable bonds is 4. The molecule has 0 heterocycles. The van der Waals surface area contributed by atoms with Crippen molar-refractivity contribution in [1.29, 1.82) is 0 Å². The number of thiocarbonyl (C=S) groups is 1. The van der Waals surface area contributed by atoms with E-state index in [-0.39, 0.29) is 5.11 Å². The van der Waals surface area contributed by atoms with Gasteiger partial charge in [-0.05, 0) is 24.4 Å². The van der Waals surface area contributed by atoms with Crippen LogP contribution in [0.3, 0.4) is 0 Å². The fourth-order valence-corrected chi connectivity index (χ4v) is 3.62. The lowest BCUT2D eigenvalue weighted by Gasteiger charge is -2.34. The molecule has 0 aliphatic carbocycles. The number of anilines is 1. The molecule has 2 unspecified atom stereocenters. The van der Waals surface area contributed by atoms with Crippen LogP contribution < -0.4 is 20.4 Å². The van der Waals surface area contributed by atoms with E-state index in [9.17, 15) is 18.9 Å². The van der Waals surface area contributed by atoms with Gasteiger partial charge in [-0.15, -0.1) is 0 Å². The van der Waals surface area contributed by atoms with Gasteiger partial charge in [0.2, 0.25) is 0 Å². The molecule has 19 heavy (non-hydrogen) atoms. The van der Waals surface area contributed by atoms with Crippen LogP contribution in [0.5, 0.6) is 0 Å². The van der Waals surface area contributed by atoms with Gasteiger partial charge in [0.25, 0.3) is 0 Å². The molecular weight excluding hydrogens is 314 g/mol. The summed E-state index contributed by atoms with van der Waals surface area (Å²) < 4.78 is 21.7. The van der Waals surface area contributed by atoms with Gasteiger partial charge in [0.15, 0.2) is 25.8 Å². The van der Waals surface area contributed by atoms with E-state index >= 15 is 0 Å². The molecule has 1 aromatic rings. The maximum absolute atomic E-state index is 10.9. The second-order valence-corrected chi connectivity index (χ2v) is 7.57. The highest BCUT2D eigenvalue weighted by Crippen LogP contribution is 2.53. The van der Waals surface area contributed by atoms with Crippen molar-refractivity contribution in [3.8, 4) is 0 Å². The Morgan fingerprint density at radius 3 is 2.05 bits per heavy atom. The molecule has 11 heteroatoms. The maximum Gasteiger partial charge on any atom is 0.171 e. The van der Waals surface area contributed by atoms with E-state index < -0.39 is 20.7 Å². The highest BCUT2D eigenvalue weighted by Gasteiger charge is 2.30. The van der Waals surface area contributed by atoms with E-state index in [1.807, 2.05) is 5.32 Å². The largest absolute Gasteiger partial charge is 0.777 e. The maximum atomic E-state index is 10.9. The van der Waals surface area contributed by atoms with Gasteiger partial charge in [-0.25, -0.2) is 0 Å². The van der Waals surface area contributed by atoms with Crippen LogP contribution in [-0.2, 0) is 9.13 Å². The quantitative estimate of drug-likeness (QED) is 0.419. The van der Waals surface area contributed by atoms with E-state index in [1.165, 1.54) is 0 Å². The van der Waals surface area contributed by atoms with Gasteiger partial charge in [0.05, 0.1) is 0 Å². The molecule has 0 amide bonds. The molecule has 1 aromatic carbocycles. The van der Waals surface area contributed by atoms with Gasteiger partial charge in [-0.2, -0.15) is 0 Å². The Kier molecular flexibility index (Phi) is 5.23. The summed E-state index contributed by atoms with van der Waals surface area (Å²) >= 11 is 4.69. The second-order valence-electron chi connectivity index (χ2n) is 3.47. The van der Waals surface area contributed by atoms with Crippen molar-refractivity contribution in [2.24, 2.45) is 0 Å². The molecule has 2 atom stereocenters. The summed E-state index contributed by atoms with van der Waals surface area (Å²) in [6.07, 6.45) is 0. The third kappa shape index (κ3) is 5.38. The third-order valence-corrected chi connectivity index (χ3v) is 5.38. The lowest BCUT2D eigenvalue weighted by molar-refractivity contribution is -0.206. The Labute approximate surface area is 114 Å². The van der Waals surface area contributed by atoms with Gasteiger partial charge >= 0.3 is 0 Å². The van der Waals surface area contributed by atoms with Gasteiger partial charge in [-0.3, -0.25) is 0 Å². The lowest BCUT2D eigenvalue weighted by atomic mass is 10.3. The van der Waals surface area contributed by atoms with E-state index in [0.29, 0.717) is 5.69 Å². The molecule has 0 spiro atoms. The van der Waals surface area contributed by atoms with Crippen LogP contribution >= 0.6 is 27.4 Å². The molecule has 0 aromatic heterocycles. The fourth-order valence-electron chi connectivity index (χ4n) is 1.15. The van der Waals surface area contributed by atoms with Crippen molar-refractivity contribution in [1.82, 2.24) is 5.32 Å². The van der Waals surface area contributed by atoms with Crippen molar-refractivity contribution in [2.45, 2.75) is 5.52 Å². The second kappa shape index (κ2) is 6.11. The molecule has 106 valence electrons. The van der Waals surface area contributed by atoms with Gasteiger partial charge in [0.1, 0.15) is 0 Å². The first-order valence-corrected chi connectivity index (χ1v) is 8.50. The van der Waals surface area contributed by atoms with E-state index in [2.05, 4.69) is 17.5 Å². The smallest absolute Gasteiger partial charge is 0.171 e. The highest BCUT2D eigenvalue weighted by molar-refractivity contribution is 7.80. The monoisotopic (exact) mass is 324 g/mol. The number of nitrogens with one attached hydrogen (secondary N) is 2. The SMILES string of the molecule is O=P([O-])(O)C(NC(=S)Nc1ccccc1)P(=O)([O-])O. The van der Waals surface area contributed by atoms with Crippen LogP contribution in [0.4, 0.5) is 5.69 Å². The minimum Gasteiger partial charge on any atom is -0.777 e. The highest BCUT2D eigenvalue weighted by atomic mass is 32.1. The Hall–Kier alpha value is -0.790. The average molecular weight is 324 g/mol. The topological polar surface area (TPSA) is 145 Å². The normalized spacial score (nSPS) is 18.7. The first-order valence-electron chi connectivity index (χ1n) is 4.80. The summed E-state index contributed by atoms with van der Waals surface area (Å²) in [6, 6.07) is 8.24. The van der Waals surface area contributed by atoms with Crippen molar-refractivity contribution < 1.29 is 28.7 Å². The lowest BCUT2D eigenvalue weighted by Crippen LogP contribution is -2.41. The van der Waals surface area contributed by atoms with Gasteiger partial charge in [0, 0.05) is 5.69 Å². The van der Waals surface area contributed by atoms with Crippen LogP contribution in [-0.4, -0.2) is 20.4 Å². The number of benzene rings is 1. The molecule has 8 nitrogen and oxygen atoms in total. The van der Waals surface area contributed by atoms with Crippen LogP contribution in [0.25, 0.3) is 0 Å². The van der Waals surface area contributed by atoms with Gasteiger partial charge in [-0.1, -0.05) is 18.2 Å². The van der Waals surface area contributed by atoms with Crippen molar-refractivity contribution in [3.05, 3.63) is 30.3 Å². The van der Waals surface area contributed by atoms with Crippen LogP contribution in [0, 0.1) is 0 Å². The standard InChI is InChI=1S/C8H12N2O6P2S/c11-17(12,13)8(18(14,15)16)10-7(19)9-6-4-2-1-3-5-6/h1-5,8H,(H2,9,10,19)(H2,11,12,13)(H2,14,15,16)/p-2. The molecule has 0 aliphatic rings.